The van der Waals surface area contributed by atoms with E-state index in [0.29, 0.717) is 0 Å². The van der Waals surface area contributed by atoms with Gasteiger partial charge in [-0.25, -0.2) is 8.42 Å². The maximum atomic E-state index is 14.0. The number of amides is 2. The highest BCUT2D eigenvalue weighted by atomic mass is 35.5. The zero-order valence-corrected chi connectivity index (χ0v) is 24.7. The number of carbonyl (C=O) groups excluding carboxylic acids is 2. The molecule has 7 nitrogen and oxygen atoms in total. The van der Waals surface area contributed by atoms with E-state index in [1.807, 2.05) is 75.4 Å². The van der Waals surface area contributed by atoms with Gasteiger partial charge in [-0.3, -0.25) is 13.9 Å². The molecule has 3 rings (SSSR count). The summed E-state index contributed by atoms with van der Waals surface area (Å²) < 4.78 is 26.7. The lowest BCUT2D eigenvalue weighted by atomic mass is 10.0. The van der Waals surface area contributed by atoms with E-state index in [2.05, 4.69) is 5.32 Å². The predicted octanol–water partition coefficient (Wildman–Crippen LogP) is 5.23. The first-order valence-electron chi connectivity index (χ1n) is 12.5. The first-order valence-corrected chi connectivity index (χ1v) is 15.1. The summed E-state index contributed by atoms with van der Waals surface area (Å²) in [7, 11) is -3.95. The van der Waals surface area contributed by atoms with Crippen molar-refractivity contribution in [2.75, 3.05) is 17.1 Å². The Morgan fingerprint density at radius 1 is 0.923 bits per heavy atom. The van der Waals surface area contributed by atoms with Crippen LogP contribution in [0.1, 0.15) is 30.5 Å². The summed E-state index contributed by atoms with van der Waals surface area (Å²) in [6, 6.07) is 20.5. The van der Waals surface area contributed by atoms with E-state index in [1.54, 1.807) is 6.07 Å². The number of nitrogens with one attached hydrogen (secondary N) is 1. The lowest BCUT2D eigenvalue weighted by molar-refractivity contribution is -0.140. The number of rotatable bonds is 11. The van der Waals surface area contributed by atoms with Crippen molar-refractivity contribution in [3.05, 3.63) is 99.5 Å². The topological polar surface area (TPSA) is 86.8 Å². The van der Waals surface area contributed by atoms with Crippen LogP contribution in [0.25, 0.3) is 0 Å². The average Bonchev–Trinajstić information content (AvgIpc) is 2.86. The molecule has 39 heavy (non-hydrogen) atoms. The summed E-state index contributed by atoms with van der Waals surface area (Å²) in [5, 5.41) is 3.10. The maximum Gasteiger partial charge on any atom is 0.244 e. The van der Waals surface area contributed by atoms with E-state index >= 15 is 0 Å². The number of carbonyl (C=O) groups is 2. The summed E-state index contributed by atoms with van der Waals surface area (Å²) in [6.07, 6.45) is 1.24. The van der Waals surface area contributed by atoms with Gasteiger partial charge in [-0.2, -0.15) is 0 Å². The van der Waals surface area contributed by atoms with Gasteiger partial charge in [0.2, 0.25) is 21.8 Å². The van der Waals surface area contributed by atoms with Crippen molar-refractivity contribution in [3.63, 3.8) is 0 Å². The molecule has 0 heterocycles. The van der Waals surface area contributed by atoms with Gasteiger partial charge in [-0.15, -0.1) is 0 Å². The fraction of sp³-hybridized carbons (Fsp3) is 0.310. The first-order chi connectivity index (χ1) is 18.4. The van der Waals surface area contributed by atoms with Gasteiger partial charge >= 0.3 is 0 Å². The Balaban J connectivity index is 2.08. The molecule has 1 atom stereocenters. The quantitative estimate of drug-likeness (QED) is 0.331. The number of halogens is 2. The molecule has 0 bridgehead atoms. The molecule has 0 aromatic heterocycles. The largest absolute Gasteiger partial charge is 0.352 e. The molecule has 0 fully saturated rings. The van der Waals surface area contributed by atoms with Crippen molar-refractivity contribution >= 4 is 50.7 Å². The highest BCUT2D eigenvalue weighted by molar-refractivity contribution is 7.92. The van der Waals surface area contributed by atoms with Gasteiger partial charge in [0.25, 0.3) is 0 Å². The molecule has 3 aromatic rings. The average molecular weight is 591 g/mol. The summed E-state index contributed by atoms with van der Waals surface area (Å²) in [4.78, 5) is 29.0. The summed E-state index contributed by atoms with van der Waals surface area (Å²) in [6.45, 7) is 5.16. The highest BCUT2D eigenvalue weighted by Crippen LogP contribution is 2.34. The molecule has 0 aliphatic rings. The van der Waals surface area contributed by atoms with E-state index in [-0.39, 0.29) is 40.6 Å². The second-order valence-electron chi connectivity index (χ2n) is 9.72. The van der Waals surface area contributed by atoms with Crippen molar-refractivity contribution in [3.8, 4) is 0 Å². The van der Waals surface area contributed by atoms with Crippen molar-refractivity contribution in [1.29, 1.82) is 0 Å². The van der Waals surface area contributed by atoms with Gasteiger partial charge in [0.05, 0.1) is 22.0 Å². The molecular weight excluding hydrogens is 557 g/mol. The Bertz CT molecular complexity index is 1420. The van der Waals surface area contributed by atoms with Crippen LogP contribution in [-0.2, 0) is 32.6 Å². The molecular formula is C29H33Cl2N3O4S. The molecule has 1 N–H and O–H groups in total. The fourth-order valence-corrected chi connectivity index (χ4v) is 5.52. The number of anilines is 1. The Morgan fingerprint density at radius 2 is 1.56 bits per heavy atom. The molecule has 0 unspecified atom stereocenters. The Morgan fingerprint density at radius 3 is 2.18 bits per heavy atom. The number of nitrogens with zero attached hydrogens (tertiary/aromatic N) is 2. The van der Waals surface area contributed by atoms with Crippen LogP contribution in [0.15, 0.2) is 72.8 Å². The molecule has 0 aliphatic heterocycles. The Kier molecular flexibility index (Phi) is 10.4. The van der Waals surface area contributed by atoms with Crippen LogP contribution in [0.3, 0.4) is 0 Å². The predicted molar refractivity (Wildman–Crippen MR) is 158 cm³/mol. The minimum atomic E-state index is -3.95. The van der Waals surface area contributed by atoms with Crippen LogP contribution in [0.5, 0.6) is 0 Å². The van der Waals surface area contributed by atoms with E-state index in [1.165, 1.54) is 17.0 Å². The lowest BCUT2D eigenvalue weighted by Crippen LogP contribution is -2.54. The summed E-state index contributed by atoms with van der Waals surface area (Å²) >= 11 is 12.5. The van der Waals surface area contributed by atoms with Crippen molar-refractivity contribution in [2.45, 2.75) is 45.8 Å². The second-order valence-corrected chi connectivity index (χ2v) is 12.4. The van der Waals surface area contributed by atoms with Gasteiger partial charge in [0.15, 0.2) is 0 Å². The smallest absolute Gasteiger partial charge is 0.244 e. The van der Waals surface area contributed by atoms with Gasteiger partial charge < -0.3 is 10.2 Å². The molecule has 0 saturated carbocycles. The van der Waals surface area contributed by atoms with Crippen LogP contribution in [-0.4, -0.2) is 50.0 Å². The van der Waals surface area contributed by atoms with E-state index in [4.69, 9.17) is 23.2 Å². The van der Waals surface area contributed by atoms with Crippen LogP contribution < -0.4 is 9.62 Å². The standard InChI is InChI=1S/C29H33Cl2N3O4S/c1-20(2)32-29(36)26(17-22-11-6-5-7-12-22)33(18-23-13-8-10-21(3)16-23)27(35)19-34(39(4,37)38)25-15-9-14-24(30)28(25)31/h5-16,20,26H,17-19H2,1-4H3,(H,32,36)/t26-/m0/s1. The third-order valence-electron chi connectivity index (χ3n) is 6.02. The van der Waals surface area contributed by atoms with Gasteiger partial charge in [0, 0.05) is 19.0 Å². The van der Waals surface area contributed by atoms with Crippen LogP contribution >= 0.6 is 23.2 Å². The van der Waals surface area contributed by atoms with Crippen molar-refractivity contribution in [2.24, 2.45) is 0 Å². The summed E-state index contributed by atoms with van der Waals surface area (Å²) in [5.74, 6) is -0.889. The second kappa shape index (κ2) is 13.3. The number of hydrogen-bond donors (Lipinski definition) is 1. The third-order valence-corrected chi connectivity index (χ3v) is 7.95. The Labute approximate surface area is 240 Å². The van der Waals surface area contributed by atoms with Gasteiger partial charge in [-0.05, 0) is 44.0 Å². The minimum absolute atomic E-state index is 0.0148. The Hall–Kier alpha value is -3.07. The minimum Gasteiger partial charge on any atom is -0.352 e. The SMILES string of the molecule is Cc1cccc(CN(C(=O)CN(c2cccc(Cl)c2Cl)S(C)(=O)=O)[C@@H](Cc2ccccc2)C(=O)NC(C)C)c1. The molecule has 0 aliphatic carbocycles. The number of aryl methyl sites for hydroxylation is 1. The lowest BCUT2D eigenvalue weighted by Gasteiger charge is -2.34. The molecule has 0 radical (unpaired) electrons. The molecule has 10 heteroatoms. The van der Waals surface area contributed by atoms with E-state index < -0.39 is 28.5 Å². The molecule has 3 aromatic carbocycles. The number of sulfonamides is 1. The van der Waals surface area contributed by atoms with Crippen LogP contribution in [0, 0.1) is 6.92 Å². The van der Waals surface area contributed by atoms with Crippen LogP contribution in [0.4, 0.5) is 5.69 Å². The van der Waals surface area contributed by atoms with Crippen molar-refractivity contribution < 1.29 is 18.0 Å². The fourth-order valence-electron chi connectivity index (χ4n) is 4.22. The van der Waals surface area contributed by atoms with Crippen LogP contribution in [0.2, 0.25) is 10.0 Å². The monoisotopic (exact) mass is 589 g/mol. The zero-order valence-electron chi connectivity index (χ0n) is 22.4. The molecule has 2 amide bonds. The molecule has 0 saturated heterocycles. The maximum absolute atomic E-state index is 14.0. The summed E-state index contributed by atoms with van der Waals surface area (Å²) in [5.41, 5.74) is 2.75. The molecule has 208 valence electrons. The zero-order chi connectivity index (χ0) is 28.7. The molecule has 0 spiro atoms. The van der Waals surface area contributed by atoms with Gasteiger partial charge in [0.1, 0.15) is 12.6 Å². The third kappa shape index (κ3) is 8.46. The van der Waals surface area contributed by atoms with Gasteiger partial charge in [-0.1, -0.05) is 89.4 Å². The first kappa shape index (κ1) is 30.5. The van der Waals surface area contributed by atoms with Crippen molar-refractivity contribution in [1.82, 2.24) is 10.2 Å². The van der Waals surface area contributed by atoms with E-state index in [0.717, 1.165) is 27.3 Å². The van der Waals surface area contributed by atoms with E-state index in [9.17, 15) is 18.0 Å². The number of hydrogen-bond acceptors (Lipinski definition) is 4. The number of benzene rings is 3. The highest BCUT2D eigenvalue weighted by Gasteiger charge is 2.33. The normalized spacial score (nSPS) is 12.2.